The van der Waals surface area contributed by atoms with E-state index in [-0.39, 0.29) is 6.04 Å². The second kappa shape index (κ2) is 5.75. The second-order valence-corrected chi connectivity index (χ2v) is 5.02. The average Bonchev–Trinajstić information content (AvgIpc) is 2.77. The molecule has 0 spiro atoms. The Balaban J connectivity index is 1.98. The Bertz CT molecular complexity index is 378. The van der Waals surface area contributed by atoms with Crippen LogP contribution in [0.5, 0.6) is 0 Å². The van der Waals surface area contributed by atoms with Crippen molar-refractivity contribution < 1.29 is 8.78 Å². The number of likely N-dealkylation sites (tertiary alicyclic amines) is 1. The molecule has 1 saturated heterocycles. The summed E-state index contributed by atoms with van der Waals surface area (Å²) in [5.74, 6) is 0.879. The topological polar surface area (TPSA) is 47.1 Å². The van der Waals surface area contributed by atoms with Gasteiger partial charge in [0.25, 0.3) is 0 Å². The van der Waals surface area contributed by atoms with E-state index in [1.165, 1.54) is 12.4 Å². The number of hydrogen-bond acceptors (Lipinski definition) is 3. The number of nitrogens with zero attached hydrogens (tertiary/aromatic N) is 3. The van der Waals surface area contributed by atoms with Crippen LogP contribution in [0.1, 0.15) is 32.1 Å². The van der Waals surface area contributed by atoms with Crippen molar-refractivity contribution in [2.24, 2.45) is 11.7 Å². The fraction of sp³-hybridized carbons (Fsp3) is 0.750. The molecule has 0 aliphatic carbocycles. The minimum Gasteiger partial charge on any atom is -0.328 e. The molecule has 0 saturated carbocycles. The van der Waals surface area contributed by atoms with Crippen LogP contribution >= 0.6 is 0 Å². The summed E-state index contributed by atoms with van der Waals surface area (Å²) in [6.07, 6.45) is 4.94. The molecule has 2 atom stereocenters. The van der Waals surface area contributed by atoms with Crippen LogP contribution in [0, 0.1) is 5.92 Å². The highest BCUT2D eigenvalue weighted by Gasteiger charge is 2.24. The summed E-state index contributed by atoms with van der Waals surface area (Å²) in [5, 5.41) is 0. The van der Waals surface area contributed by atoms with Crippen LogP contribution in [-0.4, -0.2) is 33.6 Å². The van der Waals surface area contributed by atoms with Crippen LogP contribution in [0.2, 0.25) is 0 Å². The summed E-state index contributed by atoms with van der Waals surface area (Å²) in [4.78, 5) is 6.18. The maximum absolute atomic E-state index is 12.7. The van der Waals surface area contributed by atoms with Crippen molar-refractivity contribution in [2.75, 3.05) is 13.1 Å². The summed E-state index contributed by atoms with van der Waals surface area (Å²) < 4.78 is 26.3. The van der Waals surface area contributed by atoms with Gasteiger partial charge in [-0.2, -0.15) is 8.78 Å². The zero-order chi connectivity index (χ0) is 13.1. The molecule has 0 bridgehead atoms. The first-order valence-corrected chi connectivity index (χ1v) is 6.35. The van der Waals surface area contributed by atoms with Crippen molar-refractivity contribution in [1.29, 1.82) is 0 Å². The highest BCUT2D eigenvalue weighted by molar-refractivity contribution is 4.94. The van der Waals surface area contributed by atoms with Gasteiger partial charge in [0.15, 0.2) is 0 Å². The van der Waals surface area contributed by atoms with E-state index in [1.807, 2.05) is 6.92 Å². The number of aromatic nitrogens is 2. The van der Waals surface area contributed by atoms with Gasteiger partial charge < -0.3 is 5.73 Å². The Labute approximate surface area is 106 Å². The molecule has 0 amide bonds. The number of imidazole rings is 1. The molecule has 1 aliphatic rings. The lowest BCUT2D eigenvalue weighted by Crippen LogP contribution is -2.42. The highest BCUT2D eigenvalue weighted by atomic mass is 19.3. The Kier molecular flexibility index (Phi) is 4.29. The van der Waals surface area contributed by atoms with Gasteiger partial charge in [0.2, 0.25) is 0 Å². The zero-order valence-corrected chi connectivity index (χ0v) is 10.6. The largest absolute Gasteiger partial charge is 0.328 e. The molecule has 2 N–H and O–H groups in total. The molecule has 1 aromatic rings. The van der Waals surface area contributed by atoms with E-state index < -0.39 is 6.55 Å². The number of piperidine rings is 1. The zero-order valence-electron chi connectivity index (χ0n) is 10.6. The van der Waals surface area contributed by atoms with Crippen molar-refractivity contribution in [1.82, 2.24) is 14.5 Å². The quantitative estimate of drug-likeness (QED) is 0.896. The van der Waals surface area contributed by atoms with E-state index in [4.69, 9.17) is 5.73 Å². The van der Waals surface area contributed by atoms with Crippen LogP contribution < -0.4 is 5.73 Å². The van der Waals surface area contributed by atoms with Crippen LogP contribution in [0.15, 0.2) is 12.4 Å². The van der Waals surface area contributed by atoms with Gasteiger partial charge in [0.05, 0.1) is 6.54 Å². The van der Waals surface area contributed by atoms with Crippen molar-refractivity contribution in [2.45, 2.75) is 38.9 Å². The maximum Gasteiger partial charge on any atom is 0.319 e. The monoisotopic (exact) mass is 258 g/mol. The molecule has 102 valence electrons. The van der Waals surface area contributed by atoms with E-state index in [0.29, 0.717) is 18.3 Å². The molecule has 6 heteroatoms. The Hall–Kier alpha value is -1.01. The molecule has 18 heavy (non-hydrogen) atoms. The fourth-order valence-electron chi connectivity index (χ4n) is 2.51. The van der Waals surface area contributed by atoms with Gasteiger partial charge >= 0.3 is 6.55 Å². The molecule has 1 aliphatic heterocycles. The minimum absolute atomic E-state index is 0.155. The molecule has 2 unspecified atom stereocenters. The van der Waals surface area contributed by atoms with E-state index >= 15 is 0 Å². The third-order valence-electron chi connectivity index (χ3n) is 3.61. The first-order valence-electron chi connectivity index (χ1n) is 6.35. The minimum atomic E-state index is -2.52. The molecule has 0 radical (unpaired) electrons. The normalized spacial score (nSPS) is 23.5. The number of nitrogens with two attached hydrogens (primary N) is 1. The Morgan fingerprint density at radius 1 is 1.56 bits per heavy atom. The summed E-state index contributed by atoms with van der Waals surface area (Å²) in [6, 6.07) is 0.155. The van der Waals surface area contributed by atoms with Gasteiger partial charge in [-0.1, -0.05) is 0 Å². The third-order valence-corrected chi connectivity index (χ3v) is 3.61. The lowest BCUT2D eigenvalue weighted by atomic mass is 9.92. The molecule has 4 nitrogen and oxygen atoms in total. The Morgan fingerprint density at radius 2 is 2.33 bits per heavy atom. The molecule has 2 heterocycles. The molecular weight excluding hydrogens is 238 g/mol. The lowest BCUT2D eigenvalue weighted by molar-refractivity contribution is 0.0614. The van der Waals surface area contributed by atoms with Crippen molar-refractivity contribution in [3.05, 3.63) is 18.2 Å². The second-order valence-electron chi connectivity index (χ2n) is 5.02. The summed E-state index contributed by atoms with van der Waals surface area (Å²) in [5.41, 5.74) is 5.91. The average molecular weight is 258 g/mol. The molecule has 0 aromatic carbocycles. The number of rotatable bonds is 4. The number of halogens is 2. The summed E-state index contributed by atoms with van der Waals surface area (Å²) in [7, 11) is 0. The Morgan fingerprint density at radius 3 is 3.00 bits per heavy atom. The van der Waals surface area contributed by atoms with Crippen LogP contribution in [0.3, 0.4) is 0 Å². The van der Waals surface area contributed by atoms with Gasteiger partial charge in [0, 0.05) is 25.0 Å². The van der Waals surface area contributed by atoms with Gasteiger partial charge in [-0.15, -0.1) is 0 Å². The van der Waals surface area contributed by atoms with Crippen LogP contribution in [0.25, 0.3) is 0 Å². The SMILES string of the molecule is CC(N)C1CCCN(Cc2nccn2C(F)F)C1. The molecule has 2 rings (SSSR count). The van der Waals surface area contributed by atoms with E-state index in [2.05, 4.69) is 9.88 Å². The number of alkyl halides is 2. The molecule has 1 aromatic heterocycles. The van der Waals surface area contributed by atoms with E-state index in [1.54, 1.807) is 0 Å². The lowest BCUT2D eigenvalue weighted by Gasteiger charge is -2.34. The predicted octanol–water partition coefficient (Wildman–Crippen LogP) is 1.84. The fourth-order valence-corrected chi connectivity index (χ4v) is 2.51. The van der Waals surface area contributed by atoms with Gasteiger partial charge in [-0.3, -0.25) is 9.47 Å². The van der Waals surface area contributed by atoms with Crippen LogP contribution in [-0.2, 0) is 6.54 Å². The van der Waals surface area contributed by atoms with Gasteiger partial charge in [-0.25, -0.2) is 4.98 Å². The first kappa shape index (κ1) is 13.4. The third kappa shape index (κ3) is 3.05. The first-order chi connectivity index (χ1) is 8.58. The van der Waals surface area contributed by atoms with Crippen molar-refractivity contribution >= 4 is 0 Å². The summed E-state index contributed by atoms with van der Waals surface area (Å²) in [6.45, 7) is 1.76. The standard InChI is InChI=1S/C12H20F2N4/c1-9(15)10-3-2-5-17(7-10)8-11-16-4-6-18(11)12(13)14/h4,6,9-10,12H,2-3,5,7-8,15H2,1H3. The predicted molar refractivity (Wildman–Crippen MR) is 65.1 cm³/mol. The molecular formula is C12H20F2N4. The van der Waals surface area contributed by atoms with Crippen LogP contribution in [0.4, 0.5) is 8.78 Å². The van der Waals surface area contributed by atoms with E-state index in [0.717, 1.165) is 30.5 Å². The van der Waals surface area contributed by atoms with Crippen molar-refractivity contribution in [3.63, 3.8) is 0 Å². The maximum atomic E-state index is 12.7. The van der Waals surface area contributed by atoms with Gasteiger partial charge in [-0.05, 0) is 32.2 Å². The smallest absolute Gasteiger partial charge is 0.319 e. The highest BCUT2D eigenvalue weighted by Crippen LogP contribution is 2.21. The molecule has 1 fully saturated rings. The van der Waals surface area contributed by atoms with Gasteiger partial charge in [0.1, 0.15) is 5.82 Å². The van der Waals surface area contributed by atoms with Crippen molar-refractivity contribution in [3.8, 4) is 0 Å². The summed E-state index contributed by atoms with van der Waals surface area (Å²) >= 11 is 0. The van der Waals surface area contributed by atoms with E-state index in [9.17, 15) is 8.78 Å². The number of hydrogen-bond donors (Lipinski definition) is 1.